The zero-order chi connectivity index (χ0) is 13.3. The van der Waals surface area contributed by atoms with Gasteiger partial charge in [0.1, 0.15) is 6.54 Å². The van der Waals surface area contributed by atoms with Crippen molar-refractivity contribution in [3.8, 4) is 0 Å². The number of carbonyl (C=O) groups excluding carboxylic acids is 1. The summed E-state index contributed by atoms with van der Waals surface area (Å²) in [6.45, 7) is 12.0. The van der Waals surface area contributed by atoms with Crippen LogP contribution in [0, 0.1) is 0 Å². The Balaban J connectivity index is 2.77. The van der Waals surface area contributed by atoms with Crippen LogP contribution in [0.25, 0.3) is 0 Å². The minimum atomic E-state index is -0.243. The standard InChI is InChI=1S/C11H21N5O/c1-10(2,3)9-13-14-15-16(9)7-8(17)12-11(4,5)6/h7H2,1-6H3,(H,12,17). The Morgan fingerprint density at radius 1 is 1.24 bits per heavy atom. The number of nitrogens with one attached hydrogen (secondary N) is 1. The Morgan fingerprint density at radius 2 is 1.82 bits per heavy atom. The van der Waals surface area contributed by atoms with Crippen LogP contribution in [0.1, 0.15) is 47.4 Å². The van der Waals surface area contributed by atoms with E-state index in [4.69, 9.17) is 0 Å². The molecule has 6 nitrogen and oxygen atoms in total. The lowest BCUT2D eigenvalue weighted by Gasteiger charge is -2.21. The molecule has 1 heterocycles. The van der Waals surface area contributed by atoms with Gasteiger partial charge in [-0.25, -0.2) is 4.68 Å². The normalized spacial score (nSPS) is 12.6. The molecule has 1 N–H and O–H groups in total. The van der Waals surface area contributed by atoms with E-state index < -0.39 is 0 Å². The van der Waals surface area contributed by atoms with Crippen molar-refractivity contribution in [3.05, 3.63) is 5.82 Å². The first-order valence-corrected chi connectivity index (χ1v) is 5.67. The van der Waals surface area contributed by atoms with Gasteiger partial charge in [-0.3, -0.25) is 4.79 Å². The number of hydrogen-bond acceptors (Lipinski definition) is 4. The summed E-state index contributed by atoms with van der Waals surface area (Å²) in [5.74, 6) is 0.622. The summed E-state index contributed by atoms with van der Waals surface area (Å²) < 4.78 is 1.54. The Bertz CT molecular complexity index is 397. The van der Waals surface area contributed by atoms with E-state index in [0.717, 1.165) is 0 Å². The van der Waals surface area contributed by atoms with Crippen molar-refractivity contribution >= 4 is 5.91 Å². The van der Waals surface area contributed by atoms with Crippen molar-refractivity contribution in [2.75, 3.05) is 0 Å². The summed E-state index contributed by atoms with van der Waals surface area (Å²) in [6, 6.07) is 0. The molecular weight excluding hydrogens is 218 g/mol. The molecule has 0 aromatic carbocycles. The number of hydrogen-bond donors (Lipinski definition) is 1. The van der Waals surface area contributed by atoms with Gasteiger partial charge in [0.05, 0.1) is 0 Å². The highest BCUT2D eigenvalue weighted by Gasteiger charge is 2.23. The highest BCUT2D eigenvalue weighted by atomic mass is 16.2. The van der Waals surface area contributed by atoms with Crippen molar-refractivity contribution < 1.29 is 4.79 Å². The topological polar surface area (TPSA) is 72.7 Å². The molecule has 0 aliphatic rings. The van der Waals surface area contributed by atoms with E-state index in [-0.39, 0.29) is 23.4 Å². The van der Waals surface area contributed by atoms with Gasteiger partial charge in [0.25, 0.3) is 0 Å². The number of rotatable bonds is 2. The molecular formula is C11H21N5O. The lowest BCUT2D eigenvalue weighted by molar-refractivity contribution is -0.123. The minimum absolute atomic E-state index is 0.0877. The van der Waals surface area contributed by atoms with Gasteiger partial charge >= 0.3 is 0 Å². The Labute approximate surface area is 102 Å². The fourth-order valence-electron chi connectivity index (χ4n) is 1.44. The largest absolute Gasteiger partial charge is 0.350 e. The predicted octanol–water partition coefficient (Wildman–Crippen LogP) is 0.885. The molecule has 0 bridgehead atoms. The third-order valence-corrected chi connectivity index (χ3v) is 2.01. The second-order valence-corrected chi connectivity index (χ2v) is 6.21. The van der Waals surface area contributed by atoms with E-state index in [1.54, 1.807) is 4.68 Å². The van der Waals surface area contributed by atoms with Gasteiger partial charge in [-0.05, 0) is 31.2 Å². The van der Waals surface area contributed by atoms with Gasteiger partial charge in [0, 0.05) is 11.0 Å². The first-order chi connectivity index (χ1) is 7.59. The zero-order valence-corrected chi connectivity index (χ0v) is 11.4. The van der Waals surface area contributed by atoms with E-state index in [2.05, 4.69) is 20.8 Å². The fraction of sp³-hybridized carbons (Fsp3) is 0.818. The molecule has 96 valence electrons. The van der Waals surface area contributed by atoms with Crippen LogP contribution in [0.3, 0.4) is 0 Å². The molecule has 0 radical (unpaired) electrons. The van der Waals surface area contributed by atoms with E-state index >= 15 is 0 Å². The summed E-state index contributed by atoms with van der Waals surface area (Å²) in [4.78, 5) is 11.8. The van der Waals surface area contributed by atoms with Crippen LogP contribution in [-0.2, 0) is 16.8 Å². The van der Waals surface area contributed by atoms with E-state index in [0.29, 0.717) is 5.82 Å². The fourth-order valence-corrected chi connectivity index (χ4v) is 1.44. The van der Waals surface area contributed by atoms with Crippen LogP contribution < -0.4 is 5.32 Å². The highest BCUT2D eigenvalue weighted by molar-refractivity contribution is 5.76. The molecule has 6 heteroatoms. The van der Waals surface area contributed by atoms with Crippen LogP contribution in [-0.4, -0.2) is 31.7 Å². The van der Waals surface area contributed by atoms with E-state index in [1.807, 2.05) is 41.5 Å². The molecule has 0 spiro atoms. The molecule has 1 rings (SSSR count). The molecule has 0 saturated heterocycles. The molecule has 0 aliphatic carbocycles. The number of amides is 1. The molecule has 0 aliphatic heterocycles. The number of tetrazole rings is 1. The maximum Gasteiger partial charge on any atom is 0.242 e. The van der Waals surface area contributed by atoms with Gasteiger partial charge < -0.3 is 5.32 Å². The second kappa shape index (κ2) is 4.43. The van der Waals surface area contributed by atoms with Gasteiger partial charge in [-0.1, -0.05) is 20.8 Å². The van der Waals surface area contributed by atoms with Gasteiger partial charge in [-0.15, -0.1) is 5.10 Å². The van der Waals surface area contributed by atoms with Crippen molar-refractivity contribution in [1.29, 1.82) is 0 Å². The SMILES string of the molecule is CC(C)(C)NC(=O)Cn1nnnc1C(C)(C)C. The van der Waals surface area contributed by atoms with Crippen molar-refractivity contribution in [1.82, 2.24) is 25.5 Å². The summed E-state index contributed by atoms with van der Waals surface area (Å²) in [6.07, 6.45) is 0. The molecule has 0 atom stereocenters. The molecule has 0 fully saturated rings. The van der Waals surface area contributed by atoms with Gasteiger partial charge in [-0.2, -0.15) is 0 Å². The smallest absolute Gasteiger partial charge is 0.242 e. The number of aromatic nitrogens is 4. The summed E-state index contributed by atoms with van der Waals surface area (Å²) in [7, 11) is 0. The lowest BCUT2D eigenvalue weighted by Crippen LogP contribution is -2.42. The monoisotopic (exact) mass is 239 g/mol. The van der Waals surface area contributed by atoms with Crippen LogP contribution in [0.15, 0.2) is 0 Å². The highest BCUT2D eigenvalue weighted by Crippen LogP contribution is 2.18. The third kappa shape index (κ3) is 4.13. The average Bonchev–Trinajstić information content (AvgIpc) is 2.46. The second-order valence-electron chi connectivity index (χ2n) is 6.21. The Morgan fingerprint density at radius 3 is 2.29 bits per heavy atom. The number of nitrogens with zero attached hydrogens (tertiary/aromatic N) is 4. The van der Waals surface area contributed by atoms with E-state index in [9.17, 15) is 4.79 Å². The summed E-state index contributed by atoms with van der Waals surface area (Å²) >= 11 is 0. The average molecular weight is 239 g/mol. The predicted molar refractivity (Wildman–Crippen MR) is 64.4 cm³/mol. The Kier molecular flexibility index (Phi) is 3.54. The summed E-state index contributed by atoms with van der Waals surface area (Å²) in [5.41, 5.74) is -0.418. The third-order valence-electron chi connectivity index (χ3n) is 2.01. The van der Waals surface area contributed by atoms with Crippen molar-refractivity contribution in [2.24, 2.45) is 0 Å². The molecule has 17 heavy (non-hydrogen) atoms. The van der Waals surface area contributed by atoms with Crippen molar-refractivity contribution in [2.45, 2.75) is 59.0 Å². The van der Waals surface area contributed by atoms with Gasteiger partial charge in [0.15, 0.2) is 5.82 Å². The lowest BCUT2D eigenvalue weighted by atomic mass is 9.96. The van der Waals surface area contributed by atoms with Crippen molar-refractivity contribution in [3.63, 3.8) is 0 Å². The molecule has 0 unspecified atom stereocenters. The number of carbonyl (C=O) groups is 1. The van der Waals surface area contributed by atoms with E-state index in [1.165, 1.54) is 0 Å². The first-order valence-electron chi connectivity index (χ1n) is 5.67. The Hall–Kier alpha value is -1.46. The maximum atomic E-state index is 11.8. The quantitative estimate of drug-likeness (QED) is 0.831. The van der Waals surface area contributed by atoms with Crippen LogP contribution >= 0.6 is 0 Å². The molecule has 1 aromatic rings. The van der Waals surface area contributed by atoms with Crippen LogP contribution in [0.2, 0.25) is 0 Å². The minimum Gasteiger partial charge on any atom is -0.350 e. The molecule has 1 amide bonds. The summed E-state index contributed by atoms with van der Waals surface area (Å²) in [5, 5.41) is 14.3. The molecule has 0 saturated carbocycles. The zero-order valence-electron chi connectivity index (χ0n) is 11.4. The van der Waals surface area contributed by atoms with Gasteiger partial charge in [0.2, 0.25) is 5.91 Å². The first kappa shape index (κ1) is 13.6. The molecule has 1 aromatic heterocycles. The van der Waals surface area contributed by atoms with Crippen LogP contribution in [0.4, 0.5) is 0 Å². The maximum absolute atomic E-state index is 11.8. The van der Waals surface area contributed by atoms with Crippen LogP contribution in [0.5, 0.6) is 0 Å².